The van der Waals surface area contributed by atoms with Gasteiger partial charge in [0.25, 0.3) is 0 Å². The minimum absolute atomic E-state index is 0.127. The number of carbonyl (C=O) groups excluding carboxylic acids is 1. The minimum atomic E-state index is 0.127. The Kier molecular flexibility index (Phi) is 5.35. The third-order valence-corrected chi connectivity index (χ3v) is 3.61. The highest BCUT2D eigenvalue weighted by Gasteiger charge is 2.15. The van der Waals surface area contributed by atoms with E-state index in [1.165, 1.54) is 5.56 Å². The lowest BCUT2D eigenvalue weighted by molar-refractivity contribution is -0.120. The number of amides is 1. The quantitative estimate of drug-likeness (QED) is 0.855. The van der Waals surface area contributed by atoms with Crippen LogP contribution in [0.2, 0.25) is 0 Å². The van der Waals surface area contributed by atoms with Crippen LogP contribution in [-0.4, -0.2) is 37.1 Å². The van der Waals surface area contributed by atoms with Crippen molar-refractivity contribution in [3.63, 3.8) is 0 Å². The highest BCUT2D eigenvalue weighted by Crippen LogP contribution is 2.18. The van der Waals surface area contributed by atoms with E-state index in [2.05, 4.69) is 46.5 Å². The van der Waals surface area contributed by atoms with Gasteiger partial charge in [-0.2, -0.15) is 0 Å². The Morgan fingerprint density at radius 3 is 3.15 bits per heavy atom. The molecule has 2 rings (SSSR count). The first-order valence-corrected chi connectivity index (χ1v) is 7.41. The zero-order valence-corrected chi connectivity index (χ0v) is 12.4. The molecule has 2 N–H and O–H groups in total. The van der Waals surface area contributed by atoms with Crippen LogP contribution < -0.4 is 15.5 Å². The summed E-state index contributed by atoms with van der Waals surface area (Å²) in [6.07, 6.45) is 3.52. The zero-order chi connectivity index (χ0) is 14.4. The smallest absolute Gasteiger partial charge is 0.221 e. The molecular formula is C15H24N4O. The van der Waals surface area contributed by atoms with Crippen LogP contribution in [-0.2, 0) is 4.79 Å². The first-order chi connectivity index (χ1) is 9.70. The fourth-order valence-electron chi connectivity index (χ4n) is 2.35. The molecule has 1 fully saturated rings. The van der Waals surface area contributed by atoms with Crippen molar-refractivity contribution >= 4 is 11.7 Å². The SMILES string of the molecule is CCCNC(C)c1ccnc(N2CCNC(=O)CC2)c1. The molecular weight excluding hydrogens is 252 g/mol. The summed E-state index contributed by atoms with van der Waals surface area (Å²) in [5.74, 6) is 1.09. The van der Waals surface area contributed by atoms with Gasteiger partial charge in [0, 0.05) is 38.3 Å². The van der Waals surface area contributed by atoms with Gasteiger partial charge in [-0.05, 0) is 37.6 Å². The highest BCUT2D eigenvalue weighted by molar-refractivity contribution is 5.77. The van der Waals surface area contributed by atoms with Gasteiger partial charge in [-0.3, -0.25) is 4.79 Å². The first-order valence-electron chi connectivity index (χ1n) is 7.41. The van der Waals surface area contributed by atoms with Crippen LogP contribution in [0.15, 0.2) is 18.3 Å². The van der Waals surface area contributed by atoms with Crippen molar-refractivity contribution in [2.45, 2.75) is 32.7 Å². The highest BCUT2D eigenvalue weighted by atomic mass is 16.1. The van der Waals surface area contributed by atoms with Crippen LogP contribution in [0.1, 0.15) is 38.3 Å². The number of rotatable bonds is 5. The van der Waals surface area contributed by atoms with Crippen LogP contribution >= 0.6 is 0 Å². The molecule has 5 nitrogen and oxygen atoms in total. The van der Waals surface area contributed by atoms with Gasteiger partial charge in [0.1, 0.15) is 5.82 Å². The molecule has 0 aliphatic carbocycles. The van der Waals surface area contributed by atoms with E-state index >= 15 is 0 Å². The Balaban J connectivity index is 2.06. The fraction of sp³-hybridized carbons (Fsp3) is 0.600. The van der Waals surface area contributed by atoms with Gasteiger partial charge in [0.05, 0.1) is 0 Å². The summed E-state index contributed by atoms with van der Waals surface area (Å²) in [7, 11) is 0. The first kappa shape index (κ1) is 14.8. The van der Waals surface area contributed by atoms with E-state index in [4.69, 9.17) is 0 Å². The molecule has 1 atom stereocenters. The second-order valence-electron chi connectivity index (χ2n) is 5.21. The number of anilines is 1. The summed E-state index contributed by atoms with van der Waals surface area (Å²) >= 11 is 0. The molecule has 1 aromatic rings. The number of nitrogens with one attached hydrogen (secondary N) is 2. The van der Waals surface area contributed by atoms with Crippen LogP contribution in [0.25, 0.3) is 0 Å². The van der Waals surface area contributed by atoms with Crippen LogP contribution in [0, 0.1) is 0 Å². The Labute approximate surface area is 120 Å². The molecule has 1 aromatic heterocycles. The third-order valence-electron chi connectivity index (χ3n) is 3.61. The summed E-state index contributed by atoms with van der Waals surface area (Å²) in [4.78, 5) is 18.0. The van der Waals surface area contributed by atoms with Crippen LogP contribution in [0.3, 0.4) is 0 Å². The Bertz CT molecular complexity index is 449. The molecule has 1 saturated heterocycles. The maximum atomic E-state index is 11.4. The average Bonchev–Trinajstić information content (AvgIpc) is 2.69. The maximum absolute atomic E-state index is 11.4. The number of aromatic nitrogens is 1. The molecule has 0 aromatic carbocycles. The lowest BCUT2D eigenvalue weighted by Gasteiger charge is -2.22. The molecule has 1 amide bonds. The molecule has 1 aliphatic rings. The molecule has 0 bridgehead atoms. The van der Waals surface area contributed by atoms with Crippen molar-refractivity contribution < 1.29 is 4.79 Å². The van der Waals surface area contributed by atoms with E-state index in [1.807, 2.05) is 6.20 Å². The monoisotopic (exact) mass is 276 g/mol. The molecule has 0 saturated carbocycles. The molecule has 2 heterocycles. The van der Waals surface area contributed by atoms with Gasteiger partial charge in [-0.25, -0.2) is 4.98 Å². The number of pyridine rings is 1. The van der Waals surface area contributed by atoms with Crippen molar-refractivity contribution in [2.75, 3.05) is 31.1 Å². The molecule has 0 radical (unpaired) electrons. The zero-order valence-electron chi connectivity index (χ0n) is 12.4. The van der Waals surface area contributed by atoms with E-state index in [0.29, 0.717) is 19.0 Å². The summed E-state index contributed by atoms with van der Waals surface area (Å²) in [5.41, 5.74) is 1.24. The van der Waals surface area contributed by atoms with Crippen LogP contribution in [0.4, 0.5) is 5.82 Å². The molecule has 5 heteroatoms. The van der Waals surface area contributed by atoms with Gasteiger partial charge in [0.2, 0.25) is 5.91 Å². The topological polar surface area (TPSA) is 57.3 Å². The van der Waals surface area contributed by atoms with E-state index in [9.17, 15) is 4.79 Å². The van der Waals surface area contributed by atoms with Gasteiger partial charge < -0.3 is 15.5 Å². The van der Waals surface area contributed by atoms with Crippen molar-refractivity contribution in [3.8, 4) is 0 Å². The van der Waals surface area contributed by atoms with Crippen LogP contribution in [0.5, 0.6) is 0 Å². The van der Waals surface area contributed by atoms with Crippen molar-refractivity contribution in [3.05, 3.63) is 23.9 Å². The van der Waals surface area contributed by atoms with Crippen molar-refractivity contribution in [1.82, 2.24) is 15.6 Å². The summed E-state index contributed by atoms with van der Waals surface area (Å²) in [5, 5.41) is 6.37. The van der Waals surface area contributed by atoms with Gasteiger partial charge in [-0.15, -0.1) is 0 Å². The van der Waals surface area contributed by atoms with Gasteiger partial charge >= 0.3 is 0 Å². The molecule has 0 spiro atoms. The molecule has 1 aliphatic heterocycles. The summed E-state index contributed by atoms with van der Waals surface area (Å²) in [6.45, 7) is 7.59. The summed E-state index contributed by atoms with van der Waals surface area (Å²) in [6, 6.07) is 4.50. The largest absolute Gasteiger partial charge is 0.354 e. The molecule has 110 valence electrons. The molecule has 1 unspecified atom stereocenters. The normalized spacial score (nSPS) is 17.5. The number of hydrogen-bond acceptors (Lipinski definition) is 4. The predicted octanol–water partition coefficient (Wildman–Crippen LogP) is 1.47. The Hall–Kier alpha value is -1.62. The lowest BCUT2D eigenvalue weighted by Crippen LogP contribution is -2.29. The van der Waals surface area contributed by atoms with E-state index in [-0.39, 0.29) is 5.91 Å². The second-order valence-corrected chi connectivity index (χ2v) is 5.21. The third kappa shape index (κ3) is 3.93. The van der Waals surface area contributed by atoms with Crippen molar-refractivity contribution in [2.24, 2.45) is 0 Å². The maximum Gasteiger partial charge on any atom is 0.221 e. The second kappa shape index (κ2) is 7.24. The van der Waals surface area contributed by atoms with E-state index < -0.39 is 0 Å². The number of hydrogen-bond donors (Lipinski definition) is 2. The Morgan fingerprint density at radius 1 is 1.50 bits per heavy atom. The minimum Gasteiger partial charge on any atom is -0.354 e. The molecule has 20 heavy (non-hydrogen) atoms. The standard InChI is InChI=1S/C15H24N4O/c1-3-6-16-12(2)13-4-7-17-14(11-13)19-9-5-15(20)18-8-10-19/h4,7,11-12,16H,3,5-6,8-10H2,1-2H3,(H,18,20). The Morgan fingerprint density at radius 2 is 2.35 bits per heavy atom. The number of carbonyl (C=O) groups is 1. The average molecular weight is 276 g/mol. The lowest BCUT2D eigenvalue weighted by atomic mass is 10.1. The fourth-order valence-corrected chi connectivity index (χ4v) is 2.35. The van der Waals surface area contributed by atoms with E-state index in [0.717, 1.165) is 31.9 Å². The van der Waals surface area contributed by atoms with E-state index in [1.54, 1.807) is 0 Å². The van der Waals surface area contributed by atoms with Gasteiger partial charge in [0.15, 0.2) is 0 Å². The summed E-state index contributed by atoms with van der Waals surface area (Å²) < 4.78 is 0. The van der Waals surface area contributed by atoms with Crippen molar-refractivity contribution in [1.29, 1.82) is 0 Å². The predicted molar refractivity (Wildman–Crippen MR) is 80.8 cm³/mol. The number of nitrogens with zero attached hydrogens (tertiary/aromatic N) is 2. The van der Waals surface area contributed by atoms with Gasteiger partial charge in [-0.1, -0.05) is 6.92 Å².